The Morgan fingerprint density at radius 3 is 2.86 bits per heavy atom. The standard InChI is InChI=1S/C15H14IN3O3/c1-9-14(21)12(10(8-20)6-17-9)7-18-19-15(22)11-4-2-3-5-13(11)16/h2-7,20-21H,8H2,1H3,(H,19,22)/b18-7+. The number of carbonyl (C=O) groups excluding carboxylic acids is 1. The molecule has 3 N–H and O–H groups in total. The number of aliphatic hydroxyl groups is 1. The van der Waals surface area contributed by atoms with Gasteiger partial charge in [-0.25, -0.2) is 5.43 Å². The Bertz CT molecular complexity index is 732. The fourth-order valence-corrected chi connectivity index (χ4v) is 2.42. The number of hydrazone groups is 1. The van der Waals surface area contributed by atoms with Gasteiger partial charge < -0.3 is 10.2 Å². The number of rotatable bonds is 4. The van der Waals surface area contributed by atoms with Crippen molar-refractivity contribution in [2.75, 3.05) is 0 Å². The van der Waals surface area contributed by atoms with E-state index in [0.29, 0.717) is 22.4 Å². The molecule has 0 atom stereocenters. The molecule has 2 aromatic rings. The van der Waals surface area contributed by atoms with E-state index in [4.69, 9.17) is 0 Å². The third-order valence-electron chi connectivity index (χ3n) is 3.01. The van der Waals surface area contributed by atoms with Crippen LogP contribution >= 0.6 is 22.6 Å². The lowest BCUT2D eigenvalue weighted by Crippen LogP contribution is -2.18. The number of pyridine rings is 1. The Labute approximate surface area is 141 Å². The van der Waals surface area contributed by atoms with Gasteiger partial charge in [0.2, 0.25) is 0 Å². The second-order valence-electron chi connectivity index (χ2n) is 4.47. The van der Waals surface area contributed by atoms with E-state index in [9.17, 15) is 15.0 Å². The lowest BCUT2D eigenvalue weighted by molar-refractivity contribution is 0.0954. The molecule has 0 fully saturated rings. The largest absolute Gasteiger partial charge is 0.505 e. The normalized spacial score (nSPS) is 10.9. The van der Waals surface area contributed by atoms with Crippen LogP contribution in [0.1, 0.15) is 27.2 Å². The molecule has 2 rings (SSSR count). The van der Waals surface area contributed by atoms with Gasteiger partial charge in [0.05, 0.1) is 24.1 Å². The second kappa shape index (κ2) is 7.32. The summed E-state index contributed by atoms with van der Waals surface area (Å²) in [6.45, 7) is 1.35. The van der Waals surface area contributed by atoms with Crippen molar-refractivity contribution < 1.29 is 15.0 Å². The van der Waals surface area contributed by atoms with Gasteiger partial charge in [0, 0.05) is 20.9 Å². The fourth-order valence-electron chi connectivity index (χ4n) is 1.78. The Morgan fingerprint density at radius 2 is 2.18 bits per heavy atom. The minimum atomic E-state index is -0.350. The van der Waals surface area contributed by atoms with Gasteiger partial charge in [0.1, 0.15) is 5.75 Å². The molecule has 0 unspecified atom stereocenters. The molecule has 0 saturated carbocycles. The highest BCUT2D eigenvalue weighted by Crippen LogP contribution is 2.21. The molecule has 0 saturated heterocycles. The van der Waals surface area contributed by atoms with Gasteiger partial charge in [-0.05, 0) is 41.6 Å². The number of aromatic hydroxyl groups is 1. The van der Waals surface area contributed by atoms with Gasteiger partial charge in [0.15, 0.2) is 0 Å². The maximum absolute atomic E-state index is 12.0. The number of aryl methyl sites for hydroxylation is 1. The summed E-state index contributed by atoms with van der Waals surface area (Å²) in [7, 11) is 0. The summed E-state index contributed by atoms with van der Waals surface area (Å²) >= 11 is 2.07. The number of hydrogen-bond acceptors (Lipinski definition) is 5. The van der Waals surface area contributed by atoms with Gasteiger partial charge in [0.25, 0.3) is 5.91 Å². The van der Waals surface area contributed by atoms with E-state index in [1.807, 2.05) is 12.1 Å². The van der Waals surface area contributed by atoms with Crippen LogP contribution in [0.4, 0.5) is 0 Å². The first kappa shape index (κ1) is 16.4. The first-order valence-corrected chi connectivity index (χ1v) is 7.48. The number of benzene rings is 1. The Kier molecular flexibility index (Phi) is 5.45. The zero-order valence-corrected chi connectivity index (χ0v) is 13.9. The highest BCUT2D eigenvalue weighted by atomic mass is 127. The van der Waals surface area contributed by atoms with Crippen molar-refractivity contribution >= 4 is 34.7 Å². The lowest BCUT2D eigenvalue weighted by Gasteiger charge is -2.07. The summed E-state index contributed by atoms with van der Waals surface area (Å²) in [6.07, 6.45) is 2.75. The Balaban J connectivity index is 2.19. The van der Waals surface area contributed by atoms with E-state index in [0.717, 1.165) is 3.57 Å². The summed E-state index contributed by atoms with van der Waals surface area (Å²) in [5, 5.41) is 23.1. The van der Waals surface area contributed by atoms with E-state index in [2.05, 4.69) is 38.1 Å². The van der Waals surface area contributed by atoms with Crippen LogP contribution in [0.2, 0.25) is 0 Å². The van der Waals surface area contributed by atoms with Crippen LogP contribution in [0, 0.1) is 10.5 Å². The van der Waals surface area contributed by atoms with Gasteiger partial charge in [-0.3, -0.25) is 9.78 Å². The minimum absolute atomic E-state index is 0.0705. The monoisotopic (exact) mass is 411 g/mol. The second-order valence-corrected chi connectivity index (χ2v) is 5.63. The topological polar surface area (TPSA) is 94.8 Å². The molecular formula is C15H14IN3O3. The molecular weight excluding hydrogens is 397 g/mol. The molecule has 1 amide bonds. The van der Waals surface area contributed by atoms with Crippen LogP contribution in [0.15, 0.2) is 35.6 Å². The van der Waals surface area contributed by atoms with Crippen LogP contribution in [0.3, 0.4) is 0 Å². The van der Waals surface area contributed by atoms with Crippen molar-refractivity contribution in [3.05, 3.63) is 56.4 Å². The summed E-state index contributed by atoms with van der Waals surface area (Å²) in [6, 6.07) is 7.12. The van der Waals surface area contributed by atoms with E-state index >= 15 is 0 Å². The van der Waals surface area contributed by atoms with Crippen LogP contribution < -0.4 is 5.43 Å². The average Bonchev–Trinajstić information content (AvgIpc) is 2.52. The number of halogens is 1. The van der Waals surface area contributed by atoms with E-state index in [-0.39, 0.29) is 18.3 Å². The van der Waals surface area contributed by atoms with Crippen molar-refractivity contribution in [3.63, 3.8) is 0 Å². The Hall–Kier alpha value is -2.00. The van der Waals surface area contributed by atoms with E-state index in [1.54, 1.807) is 19.1 Å². The molecule has 0 aliphatic rings. The van der Waals surface area contributed by atoms with Crippen molar-refractivity contribution in [2.45, 2.75) is 13.5 Å². The first-order chi connectivity index (χ1) is 10.5. The summed E-state index contributed by atoms with van der Waals surface area (Å²) in [4.78, 5) is 16.0. The smallest absolute Gasteiger partial charge is 0.272 e. The third kappa shape index (κ3) is 3.60. The molecule has 0 spiro atoms. The number of carbonyl (C=O) groups is 1. The summed E-state index contributed by atoms with van der Waals surface area (Å²) < 4.78 is 0.812. The third-order valence-corrected chi connectivity index (χ3v) is 3.95. The fraction of sp³-hybridized carbons (Fsp3) is 0.133. The zero-order valence-electron chi connectivity index (χ0n) is 11.7. The molecule has 1 aromatic heterocycles. The summed E-state index contributed by atoms with van der Waals surface area (Å²) in [5.74, 6) is -0.420. The predicted octanol–water partition coefficient (Wildman–Crippen LogP) is 1.96. The molecule has 0 radical (unpaired) electrons. The van der Waals surface area contributed by atoms with Gasteiger partial charge >= 0.3 is 0 Å². The number of nitrogens with one attached hydrogen (secondary N) is 1. The first-order valence-electron chi connectivity index (χ1n) is 6.40. The number of aliphatic hydroxyl groups excluding tert-OH is 1. The van der Waals surface area contributed by atoms with Crippen LogP contribution in [-0.2, 0) is 6.61 Å². The maximum Gasteiger partial charge on any atom is 0.272 e. The Morgan fingerprint density at radius 1 is 1.45 bits per heavy atom. The van der Waals surface area contributed by atoms with E-state index in [1.165, 1.54) is 12.4 Å². The average molecular weight is 411 g/mol. The minimum Gasteiger partial charge on any atom is -0.505 e. The van der Waals surface area contributed by atoms with Gasteiger partial charge in [-0.2, -0.15) is 5.10 Å². The number of amides is 1. The predicted molar refractivity (Wildman–Crippen MR) is 90.8 cm³/mol. The lowest BCUT2D eigenvalue weighted by atomic mass is 10.1. The quantitative estimate of drug-likeness (QED) is 0.407. The molecule has 6 nitrogen and oxygen atoms in total. The summed E-state index contributed by atoms with van der Waals surface area (Å²) in [5.41, 5.74) is 4.09. The van der Waals surface area contributed by atoms with Gasteiger partial charge in [-0.15, -0.1) is 0 Å². The highest BCUT2D eigenvalue weighted by Gasteiger charge is 2.10. The van der Waals surface area contributed by atoms with Crippen molar-refractivity contribution in [3.8, 4) is 5.75 Å². The molecule has 1 aromatic carbocycles. The van der Waals surface area contributed by atoms with Gasteiger partial charge in [-0.1, -0.05) is 12.1 Å². The number of hydrogen-bond donors (Lipinski definition) is 3. The molecule has 1 heterocycles. The highest BCUT2D eigenvalue weighted by molar-refractivity contribution is 14.1. The molecule has 114 valence electrons. The number of aromatic nitrogens is 1. The maximum atomic E-state index is 12.0. The SMILES string of the molecule is Cc1ncc(CO)c(/C=N/NC(=O)c2ccccc2I)c1O. The van der Waals surface area contributed by atoms with Crippen molar-refractivity contribution in [1.82, 2.24) is 10.4 Å². The molecule has 0 bridgehead atoms. The van der Waals surface area contributed by atoms with Crippen molar-refractivity contribution in [1.29, 1.82) is 0 Å². The molecule has 7 heteroatoms. The van der Waals surface area contributed by atoms with Crippen LogP contribution in [0.25, 0.3) is 0 Å². The number of nitrogens with zero attached hydrogens (tertiary/aromatic N) is 2. The van der Waals surface area contributed by atoms with Crippen LogP contribution in [0.5, 0.6) is 5.75 Å². The molecule has 22 heavy (non-hydrogen) atoms. The zero-order chi connectivity index (χ0) is 16.1. The van der Waals surface area contributed by atoms with Crippen LogP contribution in [-0.4, -0.2) is 27.3 Å². The molecule has 0 aliphatic heterocycles. The molecule has 0 aliphatic carbocycles. The van der Waals surface area contributed by atoms with Crippen molar-refractivity contribution in [2.24, 2.45) is 5.10 Å². The van der Waals surface area contributed by atoms with E-state index < -0.39 is 0 Å².